The number of guanidine groups is 1. The lowest BCUT2D eigenvalue weighted by molar-refractivity contribution is 0.824. The van der Waals surface area contributed by atoms with Crippen molar-refractivity contribution in [1.82, 2.24) is 5.32 Å². The van der Waals surface area contributed by atoms with Crippen LogP contribution in [-0.4, -0.2) is 39.0 Å². The fourth-order valence-electron chi connectivity index (χ4n) is 4.55. The van der Waals surface area contributed by atoms with Gasteiger partial charge in [-0.15, -0.1) is 0 Å². The third kappa shape index (κ3) is 4.82. The van der Waals surface area contributed by atoms with Crippen LogP contribution in [0.25, 0.3) is 0 Å². The summed E-state index contributed by atoms with van der Waals surface area (Å²) in [5.41, 5.74) is 7.51. The molecule has 0 radical (unpaired) electrons. The molecule has 0 saturated carbocycles. The molecule has 0 bridgehead atoms. The minimum atomic E-state index is 0.414. The Morgan fingerprint density at radius 1 is 1.03 bits per heavy atom. The van der Waals surface area contributed by atoms with Crippen molar-refractivity contribution in [3.05, 3.63) is 58.7 Å². The van der Waals surface area contributed by atoms with Crippen LogP contribution >= 0.6 is 0 Å². The first kappa shape index (κ1) is 23.8. The Kier molecular flexibility index (Phi) is 7.60. The second-order valence-corrected chi connectivity index (χ2v) is 9.26. The first-order valence-electron chi connectivity index (χ1n) is 11.8. The number of benzene rings is 2. The Morgan fingerprint density at radius 2 is 1.66 bits per heavy atom. The first-order valence-corrected chi connectivity index (χ1v) is 11.8. The zero-order chi connectivity index (χ0) is 23.4. The summed E-state index contributed by atoms with van der Waals surface area (Å²) in [5.74, 6) is 2.42. The monoisotopic (exact) mass is 433 g/mol. The van der Waals surface area contributed by atoms with Gasteiger partial charge < -0.3 is 15.1 Å². The maximum absolute atomic E-state index is 9.13. The van der Waals surface area contributed by atoms with Crippen molar-refractivity contribution in [1.29, 1.82) is 5.41 Å². The molecule has 5 heteroatoms. The highest BCUT2D eigenvalue weighted by molar-refractivity contribution is 6.09. The van der Waals surface area contributed by atoms with Crippen molar-refractivity contribution in [2.45, 2.75) is 59.3 Å². The van der Waals surface area contributed by atoms with Gasteiger partial charge in [-0.3, -0.25) is 10.4 Å². The predicted octanol–water partition coefficient (Wildman–Crippen LogP) is 5.68. The first-order chi connectivity index (χ1) is 15.3. The number of hydrogen-bond acceptors (Lipinski definition) is 2. The van der Waals surface area contributed by atoms with Gasteiger partial charge >= 0.3 is 0 Å². The Hall–Kier alpha value is -2.82. The van der Waals surface area contributed by atoms with Gasteiger partial charge in [-0.2, -0.15) is 0 Å². The van der Waals surface area contributed by atoms with E-state index in [1.807, 2.05) is 14.1 Å². The highest BCUT2D eigenvalue weighted by Gasteiger charge is 2.32. The van der Waals surface area contributed by atoms with Crippen molar-refractivity contribution < 1.29 is 0 Å². The molecule has 5 nitrogen and oxygen atoms in total. The van der Waals surface area contributed by atoms with Crippen molar-refractivity contribution >= 4 is 23.2 Å². The van der Waals surface area contributed by atoms with Crippen molar-refractivity contribution in [2.24, 2.45) is 4.99 Å². The minimum Gasteiger partial charge on any atom is -0.377 e. The van der Waals surface area contributed by atoms with Gasteiger partial charge in [0.25, 0.3) is 0 Å². The largest absolute Gasteiger partial charge is 0.377 e. The number of para-hydroxylation sites is 1. The van der Waals surface area contributed by atoms with E-state index in [9.17, 15) is 0 Å². The van der Waals surface area contributed by atoms with Crippen molar-refractivity contribution in [2.75, 3.05) is 37.0 Å². The summed E-state index contributed by atoms with van der Waals surface area (Å²) < 4.78 is 0. The van der Waals surface area contributed by atoms with E-state index in [1.165, 1.54) is 27.9 Å². The molecule has 0 aromatic heterocycles. The quantitative estimate of drug-likeness (QED) is 0.436. The average molecular weight is 434 g/mol. The minimum absolute atomic E-state index is 0.414. The van der Waals surface area contributed by atoms with E-state index in [2.05, 4.69) is 91.1 Å². The number of hydrogen-bond donors (Lipinski definition) is 2. The maximum Gasteiger partial charge on any atom is 0.203 e. The molecular weight excluding hydrogens is 394 g/mol. The van der Waals surface area contributed by atoms with Gasteiger partial charge in [0.15, 0.2) is 0 Å². The molecule has 2 aromatic carbocycles. The fourth-order valence-corrected chi connectivity index (χ4v) is 4.55. The van der Waals surface area contributed by atoms with Crippen LogP contribution in [0.15, 0.2) is 41.4 Å². The van der Waals surface area contributed by atoms with Crippen LogP contribution in [-0.2, 0) is 6.42 Å². The summed E-state index contributed by atoms with van der Waals surface area (Å²) in [4.78, 5) is 8.69. The number of aliphatic imine (C=N–C) groups is 1. The van der Waals surface area contributed by atoms with E-state index in [4.69, 9.17) is 5.41 Å². The Morgan fingerprint density at radius 3 is 2.22 bits per heavy atom. The molecular formula is C27H39N5. The second kappa shape index (κ2) is 10.2. The SMILES string of the molecule is CN=C(CCc1ccc(C)c(N2CCN(c3c(C(C)C)cccc3C(C)C)C2=N)c1)NC. The maximum atomic E-state index is 9.13. The smallest absolute Gasteiger partial charge is 0.203 e. The molecule has 0 amide bonds. The van der Waals surface area contributed by atoms with E-state index in [0.29, 0.717) is 17.8 Å². The lowest BCUT2D eigenvalue weighted by atomic mass is 9.92. The van der Waals surface area contributed by atoms with E-state index in [0.717, 1.165) is 37.5 Å². The molecule has 1 heterocycles. The molecule has 0 spiro atoms. The van der Waals surface area contributed by atoms with Gasteiger partial charge in [-0.05, 0) is 53.5 Å². The van der Waals surface area contributed by atoms with Crippen LogP contribution < -0.4 is 15.1 Å². The van der Waals surface area contributed by atoms with Crippen molar-refractivity contribution in [3.8, 4) is 0 Å². The average Bonchev–Trinajstić information content (AvgIpc) is 3.15. The molecule has 0 atom stereocenters. The molecule has 0 aliphatic carbocycles. The fraction of sp³-hybridized carbons (Fsp3) is 0.481. The Labute approximate surface area is 194 Å². The second-order valence-electron chi connectivity index (χ2n) is 9.26. The number of nitrogens with zero attached hydrogens (tertiary/aromatic N) is 3. The van der Waals surface area contributed by atoms with Crippen LogP contribution in [0.2, 0.25) is 0 Å². The third-order valence-electron chi connectivity index (χ3n) is 6.44. The third-order valence-corrected chi connectivity index (χ3v) is 6.44. The molecule has 1 fully saturated rings. The Bertz CT molecular complexity index is 963. The number of aryl methyl sites for hydroxylation is 2. The molecule has 1 aliphatic rings. The zero-order valence-corrected chi connectivity index (χ0v) is 20.8. The summed E-state index contributed by atoms with van der Waals surface area (Å²) in [6.07, 6.45) is 1.82. The summed E-state index contributed by atoms with van der Waals surface area (Å²) in [6, 6.07) is 13.3. The lowest BCUT2D eigenvalue weighted by Crippen LogP contribution is -2.34. The van der Waals surface area contributed by atoms with Gasteiger partial charge in [-0.1, -0.05) is 58.0 Å². The number of rotatable bonds is 7. The molecule has 3 rings (SSSR count). The van der Waals surface area contributed by atoms with Gasteiger partial charge in [0.1, 0.15) is 0 Å². The van der Waals surface area contributed by atoms with E-state index >= 15 is 0 Å². The topological polar surface area (TPSA) is 54.7 Å². The Balaban J connectivity index is 1.92. The van der Waals surface area contributed by atoms with E-state index in [-0.39, 0.29) is 0 Å². The van der Waals surface area contributed by atoms with Crippen LogP contribution in [0, 0.1) is 12.3 Å². The predicted molar refractivity (Wildman–Crippen MR) is 139 cm³/mol. The van der Waals surface area contributed by atoms with Crippen LogP contribution in [0.4, 0.5) is 11.4 Å². The summed E-state index contributed by atoms with van der Waals surface area (Å²) in [6.45, 7) is 12.8. The molecule has 1 saturated heterocycles. The summed E-state index contributed by atoms with van der Waals surface area (Å²) >= 11 is 0. The van der Waals surface area contributed by atoms with E-state index in [1.54, 1.807) is 0 Å². The molecule has 172 valence electrons. The lowest BCUT2D eigenvalue weighted by Gasteiger charge is -2.29. The van der Waals surface area contributed by atoms with E-state index < -0.39 is 0 Å². The van der Waals surface area contributed by atoms with Gasteiger partial charge in [-0.25, -0.2) is 0 Å². The molecule has 0 unspecified atom stereocenters. The highest BCUT2D eigenvalue weighted by Crippen LogP contribution is 2.38. The number of nitrogens with one attached hydrogen (secondary N) is 2. The summed E-state index contributed by atoms with van der Waals surface area (Å²) in [5, 5.41) is 12.3. The molecule has 2 aromatic rings. The molecule has 1 aliphatic heterocycles. The molecule has 2 N–H and O–H groups in total. The highest BCUT2D eigenvalue weighted by atomic mass is 15.4. The van der Waals surface area contributed by atoms with Crippen molar-refractivity contribution in [3.63, 3.8) is 0 Å². The number of anilines is 2. The zero-order valence-electron chi connectivity index (χ0n) is 20.8. The standard InChI is InChI=1S/C27H39N5/c1-18(2)22-9-8-10-23(19(3)4)26(22)32-16-15-31(27(32)28)24-17-21(12-11-20(24)5)13-14-25(29-6)30-7/h8-12,17-19,28H,13-16H2,1-7H3,(H,29,30). The van der Waals surface area contributed by atoms with Gasteiger partial charge in [0, 0.05) is 39.3 Å². The van der Waals surface area contributed by atoms with Crippen LogP contribution in [0.3, 0.4) is 0 Å². The van der Waals surface area contributed by atoms with Gasteiger partial charge in [0.2, 0.25) is 5.96 Å². The summed E-state index contributed by atoms with van der Waals surface area (Å²) in [7, 11) is 3.75. The molecule has 32 heavy (non-hydrogen) atoms. The van der Waals surface area contributed by atoms with Gasteiger partial charge in [0.05, 0.1) is 11.5 Å². The van der Waals surface area contributed by atoms with Crippen LogP contribution in [0.1, 0.15) is 68.2 Å². The van der Waals surface area contributed by atoms with Crippen LogP contribution in [0.5, 0.6) is 0 Å². The number of amidine groups is 1. The normalized spacial score (nSPS) is 14.8.